The van der Waals surface area contributed by atoms with Crippen LogP contribution >= 0.6 is 0 Å². The second-order valence-corrected chi connectivity index (χ2v) is 6.67. The van der Waals surface area contributed by atoms with Crippen molar-refractivity contribution in [2.45, 2.75) is 19.5 Å². The highest BCUT2D eigenvalue weighted by Crippen LogP contribution is 2.34. The van der Waals surface area contributed by atoms with Crippen molar-refractivity contribution in [3.63, 3.8) is 0 Å². The molecule has 146 valence electrons. The molecule has 1 saturated heterocycles. The summed E-state index contributed by atoms with van der Waals surface area (Å²) in [4.78, 5) is 16.2. The molecule has 1 amide bonds. The van der Waals surface area contributed by atoms with E-state index >= 15 is 0 Å². The van der Waals surface area contributed by atoms with Crippen LogP contribution in [0.3, 0.4) is 0 Å². The monoisotopic (exact) mass is 387 g/mol. The third-order valence-electron chi connectivity index (χ3n) is 4.94. The number of hydrogen-bond acceptors (Lipinski definition) is 3. The normalized spacial score (nSPS) is 14.7. The third-order valence-corrected chi connectivity index (χ3v) is 4.94. The molecule has 0 atom stereocenters. The molecule has 0 aliphatic carbocycles. The topological polar surface area (TPSA) is 47.3 Å². The first kappa shape index (κ1) is 19.7. The lowest BCUT2D eigenvalue weighted by molar-refractivity contribution is -0.137. The van der Waals surface area contributed by atoms with Crippen molar-refractivity contribution >= 4 is 11.6 Å². The molecule has 1 heterocycles. The van der Waals surface area contributed by atoms with Crippen molar-refractivity contribution < 1.29 is 18.0 Å². The number of benzene rings is 2. The number of alkyl halides is 3. The van der Waals surface area contributed by atoms with Gasteiger partial charge in [0.05, 0.1) is 17.2 Å². The quantitative estimate of drug-likeness (QED) is 0.797. The Hall–Kier alpha value is -3.01. The summed E-state index contributed by atoms with van der Waals surface area (Å²) in [6.45, 7) is 3.74. The van der Waals surface area contributed by atoms with E-state index in [2.05, 4.69) is 0 Å². The Labute approximate surface area is 161 Å². The van der Waals surface area contributed by atoms with Gasteiger partial charge in [0.25, 0.3) is 5.91 Å². The van der Waals surface area contributed by atoms with Crippen LogP contribution in [0.15, 0.2) is 42.5 Å². The Morgan fingerprint density at radius 3 is 2.43 bits per heavy atom. The van der Waals surface area contributed by atoms with E-state index in [4.69, 9.17) is 5.26 Å². The molecule has 0 bridgehead atoms. The number of rotatable bonds is 3. The molecule has 2 aromatic rings. The van der Waals surface area contributed by atoms with Gasteiger partial charge >= 0.3 is 6.18 Å². The van der Waals surface area contributed by atoms with Gasteiger partial charge in [0, 0.05) is 37.4 Å². The molecule has 7 heteroatoms. The summed E-state index contributed by atoms with van der Waals surface area (Å²) in [7, 11) is 0. The van der Waals surface area contributed by atoms with Crippen molar-refractivity contribution in [2.24, 2.45) is 0 Å². The highest BCUT2D eigenvalue weighted by atomic mass is 19.4. The molecule has 4 nitrogen and oxygen atoms in total. The Morgan fingerprint density at radius 1 is 1.11 bits per heavy atom. The number of aryl methyl sites for hydroxylation is 1. The summed E-state index contributed by atoms with van der Waals surface area (Å²) in [6, 6.07) is 12.8. The minimum absolute atomic E-state index is 0.0641. The number of hydrogen-bond donors (Lipinski definition) is 0. The van der Waals surface area contributed by atoms with Crippen molar-refractivity contribution in [3.8, 4) is 6.07 Å². The molecule has 0 radical (unpaired) electrons. The average molecular weight is 387 g/mol. The van der Waals surface area contributed by atoms with Crippen LogP contribution in [-0.2, 0) is 12.6 Å². The van der Waals surface area contributed by atoms with Gasteiger partial charge in [-0.15, -0.1) is 0 Å². The fraction of sp³-hybridized carbons (Fsp3) is 0.333. The van der Waals surface area contributed by atoms with Crippen LogP contribution < -0.4 is 4.90 Å². The van der Waals surface area contributed by atoms with Crippen molar-refractivity contribution in [2.75, 3.05) is 31.1 Å². The summed E-state index contributed by atoms with van der Waals surface area (Å²) in [5, 5.41) is 8.92. The lowest BCUT2D eigenvalue weighted by Crippen LogP contribution is -2.48. The van der Waals surface area contributed by atoms with Crippen molar-refractivity contribution in [1.82, 2.24) is 4.90 Å². The van der Waals surface area contributed by atoms with Crippen LogP contribution in [-0.4, -0.2) is 37.0 Å². The molecule has 1 aliphatic heterocycles. The van der Waals surface area contributed by atoms with Crippen LogP contribution in [0.2, 0.25) is 0 Å². The van der Waals surface area contributed by atoms with E-state index in [0.29, 0.717) is 37.4 Å². The molecule has 0 saturated carbocycles. The maximum Gasteiger partial charge on any atom is 0.417 e. The van der Waals surface area contributed by atoms with E-state index in [1.165, 1.54) is 12.1 Å². The van der Waals surface area contributed by atoms with Gasteiger partial charge in [0.1, 0.15) is 0 Å². The number of amides is 1. The Kier molecular flexibility index (Phi) is 5.59. The van der Waals surface area contributed by atoms with Crippen LogP contribution in [0.1, 0.15) is 34.0 Å². The summed E-state index contributed by atoms with van der Waals surface area (Å²) in [5.74, 6) is -0.0641. The van der Waals surface area contributed by atoms with Gasteiger partial charge in [0.2, 0.25) is 0 Å². The number of halogens is 3. The third kappa shape index (κ3) is 4.11. The van der Waals surface area contributed by atoms with E-state index < -0.39 is 11.7 Å². The number of anilines is 1. The van der Waals surface area contributed by atoms with Gasteiger partial charge < -0.3 is 9.80 Å². The summed E-state index contributed by atoms with van der Waals surface area (Å²) in [5.41, 5.74) is 0.807. The highest BCUT2D eigenvalue weighted by molar-refractivity contribution is 5.94. The maximum absolute atomic E-state index is 13.2. The summed E-state index contributed by atoms with van der Waals surface area (Å²) >= 11 is 0. The highest BCUT2D eigenvalue weighted by Gasteiger charge is 2.34. The maximum atomic E-state index is 13.2. The van der Waals surface area contributed by atoms with Gasteiger partial charge in [-0.2, -0.15) is 18.4 Å². The zero-order chi connectivity index (χ0) is 20.3. The van der Waals surface area contributed by atoms with Gasteiger partial charge in [0.15, 0.2) is 0 Å². The van der Waals surface area contributed by atoms with Crippen LogP contribution in [0.25, 0.3) is 0 Å². The second kappa shape index (κ2) is 7.93. The molecule has 28 heavy (non-hydrogen) atoms. The minimum atomic E-state index is -4.58. The fourth-order valence-electron chi connectivity index (χ4n) is 3.34. The largest absolute Gasteiger partial charge is 0.417 e. The molecular weight excluding hydrogens is 367 g/mol. The Balaban J connectivity index is 1.72. The van der Waals surface area contributed by atoms with E-state index in [1.54, 1.807) is 17.0 Å². The zero-order valence-corrected chi connectivity index (χ0v) is 15.5. The Bertz CT molecular complexity index is 910. The first-order chi connectivity index (χ1) is 13.3. The van der Waals surface area contributed by atoms with Crippen molar-refractivity contribution in [3.05, 3.63) is 64.7 Å². The lowest BCUT2D eigenvalue weighted by Gasteiger charge is -2.36. The van der Waals surface area contributed by atoms with E-state index in [-0.39, 0.29) is 11.5 Å². The molecule has 0 N–H and O–H groups in total. The van der Waals surface area contributed by atoms with E-state index in [1.807, 2.05) is 30.0 Å². The number of nitriles is 1. The van der Waals surface area contributed by atoms with E-state index in [9.17, 15) is 18.0 Å². The van der Waals surface area contributed by atoms with Crippen molar-refractivity contribution in [1.29, 1.82) is 5.26 Å². The first-order valence-corrected chi connectivity index (χ1v) is 9.08. The average Bonchev–Trinajstić information content (AvgIpc) is 2.72. The van der Waals surface area contributed by atoms with Crippen LogP contribution in [0, 0.1) is 11.3 Å². The van der Waals surface area contributed by atoms with E-state index in [0.717, 1.165) is 18.1 Å². The number of carbonyl (C=O) groups excluding carboxylic acids is 1. The minimum Gasteiger partial charge on any atom is -0.368 e. The molecule has 3 rings (SSSR count). The van der Waals surface area contributed by atoms with Crippen LogP contribution in [0.4, 0.5) is 18.9 Å². The Morgan fingerprint density at radius 2 is 1.82 bits per heavy atom. The summed E-state index contributed by atoms with van der Waals surface area (Å²) < 4.78 is 39.5. The fourth-order valence-corrected chi connectivity index (χ4v) is 3.34. The second-order valence-electron chi connectivity index (χ2n) is 6.67. The molecule has 0 aromatic heterocycles. The van der Waals surface area contributed by atoms with Crippen LogP contribution in [0.5, 0.6) is 0 Å². The summed E-state index contributed by atoms with van der Waals surface area (Å²) in [6.07, 6.45) is -3.74. The van der Waals surface area contributed by atoms with Gasteiger partial charge in [-0.3, -0.25) is 4.79 Å². The SMILES string of the molecule is CCc1cccc(C(=O)N2CCN(c3ccc(C#N)c(C(F)(F)F)c3)CC2)c1. The predicted octanol–water partition coefficient (Wildman–Crippen LogP) is 4.10. The number of nitrogens with zero attached hydrogens (tertiary/aromatic N) is 3. The molecule has 0 unspecified atom stereocenters. The number of piperazine rings is 1. The molecule has 1 fully saturated rings. The smallest absolute Gasteiger partial charge is 0.368 e. The number of carbonyl (C=O) groups is 1. The first-order valence-electron chi connectivity index (χ1n) is 9.08. The molecule has 0 spiro atoms. The molecular formula is C21H20F3N3O. The molecule has 1 aliphatic rings. The van der Waals surface area contributed by atoms with Gasteiger partial charge in [-0.25, -0.2) is 0 Å². The molecule has 2 aromatic carbocycles. The lowest BCUT2D eigenvalue weighted by atomic mass is 10.1. The predicted molar refractivity (Wildman–Crippen MR) is 100 cm³/mol. The zero-order valence-electron chi connectivity index (χ0n) is 15.5. The van der Waals surface area contributed by atoms with Gasteiger partial charge in [-0.1, -0.05) is 19.1 Å². The standard InChI is InChI=1S/C21H20F3N3O/c1-2-15-4-3-5-16(12-15)20(28)27-10-8-26(9-11-27)18-7-6-17(14-25)19(13-18)21(22,23)24/h3-7,12-13H,2,8-11H2,1H3. The van der Waals surface area contributed by atoms with Gasteiger partial charge in [-0.05, 0) is 42.3 Å².